The molecule has 0 spiro atoms. The van der Waals surface area contributed by atoms with Crippen LogP contribution in [0.1, 0.15) is 88.4 Å². The first kappa shape index (κ1) is 30.0. The van der Waals surface area contributed by atoms with Crippen molar-refractivity contribution in [1.82, 2.24) is 14.8 Å². The first-order chi connectivity index (χ1) is 19.4. The minimum Gasteiger partial charge on any atom is -0.444 e. The van der Waals surface area contributed by atoms with Crippen molar-refractivity contribution in [3.63, 3.8) is 0 Å². The van der Waals surface area contributed by atoms with E-state index in [0.717, 1.165) is 50.8 Å². The number of carbonyl (C=O) groups is 4. The first-order valence-corrected chi connectivity index (χ1v) is 14.4. The molecule has 2 aromatic rings. The lowest BCUT2D eigenvalue weighted by molar-refractivity contribution is -0.145. The Kier molecular flexibility index (Phi) is 9.30. The summed E-state index contributed by atoms with van der Waals surface area (Å²) in [6.45, 7) is 10.7. The Bertz CT molecular complexity index is 1300. The molecule has 220 valence electrons. The Morgan fingerprint density at radius 3 is 2.32 bits per heavy atom. The van der Waals surface area contributed by atoms with Crippen molar-refractivity contribution in [3.05, 3.63) is 53.2 Å². The third kappa shape index (κ3) is 7.83. The summed E-state index contributed by atoms with van der Waals surface area (Å²) < 4.78 is 5.27. The van der Waals surface area contributed by atoms with E-state index in [1.54, 1.807) is 45.6 Å². The molecule has 2 saturated heterocycles. The van der Waals surface area contributed by atoms with Crippen LogP contribution in [0.2, 0.25) is 0 Å². The van der Waals surface area contributed by atoms with Crippen LogP contribution in [0.25, 0.3) is 0 Å². The minimum absolute atomic E-state index is 0.117. The standard InChI is InChI=1S/C31H41N5O5/c1-20-17-25(19-32-27(20)34-30(40)41-31(3,4)5)33-28(38)29(39)36-14-7-6-11-26(36)24-10-8-9-23(18-24)22-12-15-35(16-13-22)21(2)37/h8-10,17-19,22,26H,6-7,11-16H2,1-5H3,(H,33,38)(H,32,34,40). The normalized spacial score (nSPS) is 18.0. The van der Waals surface area contributed by atoms with Gasteiger partial charge in [-0.05, 0) is 88.5 Å². The Labute approximate surface area is 241 Å². The Balaban J connectivity index is 1.42. The molecule has 1 aromatic carbocycles. The van der Waals surface area contributed by atoms with Gasteiger partial charge < -0.3 is 19.9 Å². The molecule has 2 N–H and O–H groups in total. The molecule has 0 bridgehead atoms. The molecule has 4 rings (SSSR count). The van der Waals surface area contributed by atoms with Gasteiger partial charge in [0.15, 0.2) is 0 Å². The van der Waals surface area contributed by atoms with Crippen LogP contribution in [-0.4, -0.2) is 63.8 Å². The number of pyridine rings is 1. The Morgan fingerprint density at radius 2 is 1.66 bits per heavy atom. The van der Waals surface area contributed by atoms with Crippen LogP contribution in [0, 0.1) is 6.92 Å². The molecule has 10 nitrogen and oxygen atoms in total. The highest BCUT2D eigenvalue weighted by atomic mass is 16.6. The van der Waals surface area contributed by atoms with E-state index in [1.807, 2.05) is 17.0 Å². The van der Waals surface area contributed by atoms with Gasteiger partial charge in [0.25, 0.3) is 0 Å². The van der Waals surface area contributed by atoms with Gasteiger partial charge in [-0.25, -0.2) is 9.78 Å². The molecule has 2 fully saturated rings. The fourth-order valence-corrected chi connectivity index (χ4v) is 5.56. The van der Waals surface area contributed by atoms with Gasteiger partial charge in [0.1, 0.15) is 11.4 Å². The van der Waals surface area contributed by atoms with E-state index in [2.05, 4.69) is 27.8 Å². The van der Waals surface area contributed by atoms with E-state index in [4.69, 9.17) is 4.74 Å². The summed E-state index contributed by atoms with van der Waals surface area (Å²) in [4.78, 5) is 58.1. The van der Waals surface area contributed by atoms with Crippen LogP contribution >= 0.6 is 0 Å². The number of carbonyl (C=O) groups excluding carboxylic acids is 4. The van der Waals surface area contributed by atoms with Gasteiger partial charge in [-0.2, -0.15) is 0 Å². The molecule has 4 amide bonds. The summed E-state index contributed by atoms with van der Waals surface area (Å²) in [6, 6.07) is 9.83. The summed E-state index contributed by atoms with van der Waals surface area (Å²) in [6.07, 6.45) is 5.21. The van der Waals surface area contributed by atoms with Gasteiger partial charge in [0, 0.05) is 26.6 Å². The lowest BCUT2D eigenvalue weighted by Gasteiger charge is -2.36. The molecule has 3 heterocycles. The SMILES string of the molecule is CC(=O)N1CCC(c2cccc(C3CCCCN3C(=O)C(=O)Nc3cnc(NC(=O)OC(C)(C)C)c(C)c3)c2)CC1. The van der Waals surface area contributed by atoms with Gasteiger partial charge in [0.2, 0.25) is 5.91 Å². The zero-order valence-corrected chi connectivity index (χ0v) is 24.7. The number of rotatable bonds is 4. The van der Waals surface area contributed by atoms with Crippen molar-refractivity contribution >= 4 is 35.3 Å². The highest BCUT2D eigenvalue weighted by molar-refractivity contribution is 6.39. The number of aryl methyl sites for hydroxylation is 1. The number of piperidine rings is 2. The molecule has 2 aliphatic heterocycles. The topological polar surface area (TPSA) is 121 Å². The number of nitrogens with zero attached hydrogens (tertiary/aromatic N) is 3. The van der Waals surface area contributed by atoms with Gasteiger partial charge in [-0.15, -0.1) is 0 Å². The highest BCUT2D eigenvalue weighted by Crippen LogP contribution is 2.35. The third-order valence-corrected chi connectivity index (χ3v) is 7.62. The van der Waals surface area contributed by atoms with Crippen molar-refractivity contribution in [3.8, 4) is 0 Å². The fourth-order valence-electron chi connectivity index (χ4n) is 5.56. The number of aromatic nitrogens is 1. The number of anilines is 2. The molecule has 1 atom stereocenters. The summed E-state index contributed by atoms with van der Waals surface area (Å²) in [5.41, 5.74) is 2.58. The zero-order chi connectivity index (χ0) is 29.7. The van der Waals surface area contributed by atoms with Gasteiger partial charge in [-0.3, -0.25) is 19.7 Å². The van der Waals surface area contributed by atoms with Crippen molar-refractivity contribution < 1.29 is 23.9 Å². The second-order valence-corrected chi connectivity index (χ2v) is 11.9. The van der Waals surface area contributed by atoms with Crippen molar-refractivity contribution in [2.75, 3.05) is 30.3 Å². The maximum absolute atomic E-state index is 13.4. The molecule has 0 radical (unpaired) electrons. The average Bonchev–Trinajstić information content (AvgIpc) is 2.93. The average molecular weight is 564 g/mol. The van der Waals surface area contributed by atoms with Crippen LogP contribution in [0.4, 0.5) is 16.3 Å². The predicted octanol–water partition coefficient (Wildman–Crippen LogP) is 5.16. The van der Waals surface area contributed by atoms with Gasteiger partial charge >= 0.3 is 17.9 Å². The maximum atomic E-state index is 13.4. The van der Waals surface area contributed by atoms with Crippen LogP contribution in [0.5, 0.6) is 0 Å². The monoisotopic (exact) mass is 563 g/mol. The number of hydrogen-bond acceptors (Lipinski definition) is 6. The van der Waals surface area contributed by atoms with E-state index >= 15 is 0 Å². The molecular weight excluding hydrogens is 522 g/mol. The molecule has 2 aliphatic rings. The van der Waals surface area contributed by atoms with E-state index in [9.17, 15) is 19.2 Å². The van der Waals surface area contributed by atoms with Crippen LogP contribution in [-0.2, 0) is 19.1 Å². The van der Waals surface area contributed by atoms with Crippen molar-refractivity contribution in [1.29, 1.82) is 0 Å². The molecular formula is C31H41N5O5. The largest absolute Gasteiger partial charge is 0.444 e. The van der Waals surface area contributed by atoms with Crippen LogP contribution in [0.3, 0.4) is 0 Å². The van der Waals surface area contributed by atoms with Gasteiger partial charge in [0.05, 0.1) is 17.9 Å². The quantitative estimate of drug-likeness (QED) is 0.496. The number of amides is 4. The summed E-state index contributed by atoms with van der Waals surface area (Å²) in [5, 5.41) is 5.28. The molecule has 1 aromatic heterocycles. The summed E-state index contributed by atoms with van der Waals surface area (Å²) in [5.74, 6) is -0.509. The molecule has 41 heavy (non-hydrogen) atoms. The van der Waals surface area contributed by atoms with Crippen LogP contribution in [0.15, 0.2) is 36.5 Å². The maximum Gasteiger partial charge on any atom is 0.413 e. The number of likely N-dealkylation sites (tertiary alicyclic amines) is 2. The molecule has 0 saturated carbocycles. The predicted molar refractivity (Wildman–Crippen MR) is 156 cm³/mol. The first-order valence-electron chi connectivity index (χ1n) is 14.4. The van der Waals surface area contributed by atoms with Crippen LogP contribution < -0.4 is 10.6 Å². The van der Waals surface area contributed by atoms with E-state index in [0.29, 0.717) is 29.5 Å². The zero-order valence-electron chi connectivity index (χ0n) is 24.7. The lowest BCUT2D eigenvalue weighted by atomic mass is 9.86. The lowest BCUT2D eigenvalue weighted by Crippen LogP contribution is -2.44. The van der Waals surface area contributed by atoms with Gasteiger partial charge in [-0.1, -0.05) is 24.3 Å². The smallest absolute Gasteiger partial charge is 0.413 e. The Morgan fingerprint density at radius 1 is 0.951 bits per heavy atom. The number of ether oxygens (including phenoxy) is 1. The molecule has 10 heteroatoms. The summed E-state index contributed by atoms with van der Waals surface area (Å²) in [7, 11) is 0. The highest BCUT2D eigenvalue weighted by Gasteiger charge is 2.32. The minimum atomic E-state index is -0.723. The number of nitrogens with one attached hydrogen (secondary N) is 2. The fraction of sp³-hybridized carbons (Fsp3) is 0.516. The third-order valence-electron chi connectivity index (χ3n) is 7.62. The number of benzene rings is 1. The Hall–Kier alpha value is -3.95. The summed E-state index contributed by atoms with van der Waals surface area (Å²) >= 11 is 0. The molecule has 0 aliphatic carbocycles. The van der Waals surface area contributed by atoms with Crippen molar-refractivity contribution in [2.24, 2.45) is 0 Å². The van der Waals surface area contributed by atoms with E-state index in [1.165, 1.54) is 11.8 Å². The van der Waals surface area contributed by atoms with E-state index < -0.39 is 23.5 Å². The number of hydrogen-bond donors (Lipinski definition) is 2. The second kappa shape index (κ2) is 12.7. The molecule has 1 unspecified atom stereocenters. The van der Waals surface area contributed by atoms with E-state index in [-0.39, 0.29) is 11.9 Å². The second-order valence-electron chi connectivity index (χ2n) is 11.9. The van der Waals surface area contributed by atoms with Crippen molar-refractivity contribution in [2.45, 2.75) is 84.3 Å².